The first-order valence-electron chi connectivity index (χ1n) is 5.74. The van der Waals surface area contributed by atoms with Gasteiger partial charge in [0.25, 0.3) is 0 Å². The van der Waals surface area contributed by atoms with Crippen molar-refractivity contribution in [2.75, 3.05) is 26.4 Å². The highest BCUT2D eigenvalue weighted by Gasteiger charge is 2.31. The minimum absolute atomic E-state index is 0.363. The average Bonchev–Trinajstić information content (AvgIpc) is 2.40. The first-order chi connectivity index (χ1) is 9.32. The summed E-state index contributed by atoms with van der Waals surface area (Å²) >= 11 is 0. The summed E-state index contributed by atoms with van der Waals surface area (Å²) in [6, 6.07) is 1.91. The zero-order chi connectivity index (χ0) is 15.2. The van der Waals surface area contributed by atoms with Gasteiger partial charge in [0.05, 0.1) is 32.0 Å². The van der Waals surface area contributed by atoms with Crippen LogP contribution in [-0.4, -0.2) is 48.7 Å². The number of hydrogen-bond acceptors (Lipinski definition) is 5. The number of benzene rings is 1. The number of rotatable bonds is 1. The Balaban J connectivity index is 0.000000276. The van der Waals surface area contributed by atoms with E-state index in [4.69, 9.17) is 24.6 Å². The van der Waals surface area contributed by atoms with Crippen LogP contribution >= 0.6 is 0 Å². The van der Waals surface area contributed by atoms with Crippen molar-refractivity contribution in [2.24, 2.45) is 0 Å². The van der Waals surface area contributed by atoms with Gasteiger partial charge in [-0.1, -0.05) is 12.1 Å². The molecule has 20 heavy (non-hydrogen) atoms. The molecule has 0 bridgehead atoms. The smallest absolute Gasteiger partial charge is 0.492 e. The van der Waals surface area contributed by atoms with Crippen molar-refractivity contribution in [3.05, 3.63) is 23.8 Å². The number of hydrogen-bond donors (Lipinski definition) is 3. The van der Waals surface area contributed by atoms with Gasteiger partial charge >= 0.3 is 13.3 Å². The fraction of sp³-hybridized carbons (Fsp3) is 0.455. The number of ether oxygens (including phenoxy) is 2. The summed E-state index contributed by atoms with van der Waals surface area (Å²) in [5, 5.41) is 26.2. The molecule has 1 heterocycles. The molecule has 1 saturated heterocycles. The third kappa shape index (κ3) is 5.37. The molecule has 0 aromatic heterocycles. The Labute approximate surface area is 113 Å². The van der Waals surface area contributed by atoms with E-state index in [2.05, 4.69) is 0 Å². The summed E-state index contributed by atoms with van der Waals surface area (Å²) in [7, 11) is -1.99. The van der Waals surface area contributed by atoms with Gasteiger partial charge in [0.2, 0.25) is 0 Å². The van der Waals surface area contributed by atoms with Gasteiger partial charge in [0.15, 0.2) is 0 Å². The molecule has 0 atom stereocenters. The number of halogens is 3. The molecule has 0 aliphatic carbocycles. The molecule has 112 valence electrons. The molecule has 0 radical (unpaired) electrons. The lowest BCUT2D eigenvalue weighted by molar-refractivity contribution is -0.137. The van der Waals surface area contributed by atoms with E-state index in [1.54, 1.807) is 0 Å². The fourth-order valence-corrected chi connectivity index (χ4v) is 1.38. The van der Waals surface area contributed by atoms with E-state index >= 15 is 0 Å². The van der Waals surface area contributed by atoms with E-state index in [0.29, 0.717) is 12.1 Å². The number of phenols is 1. The van der Waals surface area contributed by atoms with Gasteiger partial charge < -0.3 is 24.6 Å². The zero-order valence-electron chi connectivity index (χ0n) is 10.4. The van der Waals surface area contributed by atoms with Gasteiger partial charge in [0, 0.05) is 5.46 Å². The van der Waals surface area contributed by atoms with Gasteiger partial charge in [-0.15, -0.1) is 0 Å². The SMILES string of the molecule is C1COCCO1.OB(O)c1ccc(C(F)(F)F)cc1O. The van der Waals surface area contributed by atoms with E-state index in [1.807, 2.05) is 0 Å². The van der Waals surface area contributed by atoms with Gasteiger partial charge in [-0.05, 0) is 6.07 Å². The minimum Gasteiger partial charge on any atom is -0.508 e. The van der Waals surface area contributed by atoms with Crippen LogP contribution in [0.2, 0.25) is 0 Å². The standard InChI is InChI=1S/C7H6BF3O3.C4H8O2/c9-7(10,11)4-1-2-5(8(13)14)6(12)3-4;1-2-6-4-3-5-1/h1-3,12-14H;1-4H2. The van der Waals surface area contributed by atoms with Crippen molar-refractivity contribution < 1.29 is 37.8 Å². The molecule has 1 fully saturated rings. The van der Waals surface area contributed by atoms with Crippen LogP contribution in [0.25, 0.3) is 0 Å². The highest BCUT2D eigenvalue weighted by Crippen LogP contribution is 2.30. The van der Waals surface area contributed by atoms with Crippen LogP contribution in [0.1, 0.15) is 5.56 Å². The van der Waals surface area contributed by atoms with Crippen molar-refractivity contribution in [3.8, 4) is 5.75 Å². The Morgan fingerprint density at radius 1 is 1.00 bits per heavy atom. The Morgan fingerprint density at radius 3 is 1.80 bits per heavy atom. The highest BCUT2D eigenvalue weighted by atomic mass is 19.4. The topological polar surface area (TPSA) is 79.2 Å². The van der Waals surface area contributed by atoms with Crippen molar-refractivity contribution >= 4 is 12.6 Å². The summed E-state index contributed by atoms with van der Waals surface area (Å²) in [6.07, 6.45) is -4.56. The second-order valence-electron chi connectivity index (χ2n) is 3.87. The van der Waals surface area contributed by atoms with E-state index < -0.39 is 24.6 Å². The predicted molar refractivity (Wildman–Crippen MR) is 64.6 cm³/mol. The van der Waals surface area contributed by atoms with Crippen LogP contribution in [0, 0.1) is 0 Å². The molecule has 0 spiro atoms. The maximum absolute atomic E-state index is 12.1. The lowest BCUT2D eigenvalue weighted by atomic mass is 9.79. The predicted octanol–water partition coefficient (Wildman–Crippen LogP) is 0.124. The summed E-state index contributed by atoms with van der Waals surface area (Å²) in [6.45, 7) is 3.11. The van der Waals surface area contributed by atoms with Crippen LogP contribution in [0.15, 0.2) is 18.2 Å². The summed E-state index contributed by atoms with van der Waals surface area (Å²) < 4.78 is 46.1. The van der Waals surface area contributed by atoms with Crippen LogP contribution in [-0.2, 0) is 15.7 Å². The van der Waals surface area contributed by atoms with Crippen molar-refractivity contribution in [2.45, 2.75) is 6.18 Å². The van der Waals surface area contributed by atoms with Crippen molar-refractivity contribution in [3.63, 3.8) is 0 Å². The van der Waals surface area contributed by atoms with E-state index in [9.17, 15) is 13.2 Å². The molecular formula is C11H14BF3O5. The first kappa shape index (κ1) is 16.8. The first-order valence-corrected chi connectivity index (χ1v) is 5.74. The fourth-order valence-electron chi connectivity index (χ4n) is 1.38. The maximum Gasteiger partial charge on any atom is 0.492 e. The molecule has 3 N–H and O–H groups in total. The number of aromatic hydroxyl groups is 1. The van der Waals surface area contributed by atoms with Gasteiger partial charge in [-0.2, -0.15) is 13.2 Å². The van der Waals surface area contributed by atoms with Crippen LogP contribution in [0.3, 0.4) is 0 Å². The monoisotopic (exact) mass is 294 g/mol. The third-order valence-corrected chi connectivity index (χ3v) is 2.38. The Morgan fingerprint density at radius 2 is 1.50 bits per heavy atom. The maximum atomic E-state index is 12.1. The number of phenolic OH excluding ortho intramolecular Hbond substituents is 1. The summed E-state index contributed by atoms with van der Waals surface area (Å²) in [5.74, 6) is -0.796. The van der Waals surface area contributed by atoms with Crippen molar-refractivity contribution in [1.82, 2.24) is 0 Å². The van der Waals surface area contributed by atoms with Crippen LogP contribution < -0.4 is 5.46 Å². The lowest BCUT2D eigenvalue weighted by Gasteiger charge is -2.09. The Kier molecular flexibility index (Phi) is 6.28. The quantitative estimate of drug-likeness (QED) is 0.641. The second kappa shape index (κ2) is 7.48. The minimum atomic E-state index is -4.56. The highest BCUT2D eigenvalue weighted by molar-refractivity contribution is 6.59. The average molecular weight is 294 g/mol. The molecule has 0 unspecified atom stereocenters. The summed E-state index contributed by atoms with van der Waals surface area (Å²) in [5.41, 5.74) is -1.41. The lowest BCUT2D eigenvalue weighted by Crippen LogP contribution is -2.30. The largest absolute Gasteiger partial charge is 0.508 e. The van der Waals surface area contributed by atoms with E-state index in [-0.39, 0.29) is 5.46 Å². The Bertz CT molecular complexity index is 410. The molecule has 1 aliphatic heterocycles. The normalized spacial score (nSPS) is 15.2. The molecular weight excluding hydrogens is 280 g/mol. The molecule has 1 aromatic carbocycles. The van der Waals surface area contributed by atoms with Gasteiger partial charge in [-0.25, -0.2) is 0 Å². The molecule has 2 rings (SSSR count). The van der Waals surface area contributed by atoms with Gasteiger partial charge in [0.1, 0.15) is 5.75 Å². The van der Waals surface area contributed by atoms with Crippen LogP contribution in [0.4, 0.5) is 13.2 Å². The molecule has 0 amide bonds. The summed E-state index contributed by atoms with van der Waals surface area (Å²) in [4.78, 5) is 0. The molecule has 5 nitrogen and oxygen atoms in total. The zero-order valence-corrected chi connectivity index (χ0v) is 10.4. The molecule has 9 heteroatoms. The van der Waals surface area contributed by atoms with E-state index in [1.165, 1.54) is 0 Å². The molecule has 1 aliphatic rings. The molecule has 1 aromatic rings. The Hall–Kier alpha value is -1.29. The van der Waals surface area contributed by atoms with Crippen molar-refractivity contribution in [1.29, 1.82) is 0 Å². The third-order valence-electron chi connectivity index (χ3n) is 2.38. The van der Waals surface area contributed by atoms with Crippen LogP contribution in [0.5, 0.6) is 5.75 Å². The number of alkyl halides is 3. The molecule has 0 saturated carbocycles. The van der Waals surface area contributed by atoms with Gasteiger partial charge in [-0.3, -0.25) is 0 Å². The van der Waals surface area contributed by atoms with E-state index in [0.717, 1.165) is 32.5 Å². The second-order valence-corrected chi connectivity index (χ2v) is 3.87.